The molecule has 1 aromatic carbocycles. The Morgan fingerprint density at radius 3 is 2.65 bits per heavy atom. The summed E-state index contributed by atoms with van der Waals surface area (Å²) in [6, 6.07) is 7.19. The van der Waals surface area contributed by atoms with Crippen LogP contribution in [-0.4, -0.2) is 4.98 Å². The van der Waals surface area contributed by atoms with Crippen LogP contribution in [0, 0.1) is 0 Å². The van der Waals surface area contributed by atoms with Crippen LogP contribution >= 0.6 is 27.5 Å². The molecule has 1 heterocycles. The van der Waals surface area contributed by atoms with Gasteiger partial charge in [-0.05, 0) is 45.8 Å². The molecule has 0 spiro atoms. The largest absolute Gasteiger partial charge is 0.486 e. The van der Waals surface area contributed by atoms with E-state index in [0.29, 0.717) is 23.1 Å². The predicted molar refractivity (Wildman–Crippen MR) is 72.1 cm³/mol. The molecule has 0 amide bonds. The Bertz CT molecular complexity index is 496. The van der Waals surface area contributed by atoms with E-state index in [-0.39, 0.29) is 0 Å². The van der Waals surface area contributed by atoms with Crippen LogP contribution in [0.3, 0.4) is 0 Å². The summed E-state index contributed by atoms with van der Waals surface area (Å²) in [6.07, 6.45) is 3.44. The lowest BCUT2D eigenvalue weighted by Crippen LogP contribution is -1.99. The maximum absolute atomic E-state index is 5.87. The Balaban J connectivity index is 2.15. The van der Waals surface area contributed by atoms with Gasteiger partial charge in [-0.2, -0.15) is 0 Å². The van der Waals surface area contributed by atoms with E-state index >= 15 is 0 Å². The Morgan fingerprint density at radius 2 is 2.00 bits per heavy atom. The molecule has 0 radical (unpaired) electrons. The van der Waals surface area contributed by atoms with E-state index in [9.17, 15) is 0 Å². The summed E-state index contributed by atoms with van der Waals surface area (Å²) in [4.78, 5) is 3.94. The minimum absolute atomic E-state index is 0.437. The minimum atomic E-state index is 0.437. The van der Waals surface area contributed by atoms with Gasteiger partial charge in [-0.15, -0.1) is 0 Å². The molecule has 0 unspecified atom stereocenters. The third-order valence-electron chi connectivity index (χ3n) is 2.17. The molecule has 17 heavy (non-hydrogen) atoms. The Morgan fingerprint density at radius 1 is 1.29 bits per heavy atom. The summed E-state index contributed by atoms with van der Waals surface area (Å²) in [5, 5.41) is 0.575. The summed E-state index contributed by atoms with van der Waals surface area (Å²) in [5.41, 5.74) is 7.38. The fraction of sp³-hybridized carbons (Fsp3) is 0.0833. The van der Waals surface area contributed by atoms with E-state index in [0.717, 1.165) is 10.0 Å². The minimum Gasteiger partial charge on any atom is -0.486 e. The smallest absolute Gasteiger partial charge is 0.156 e. The van der Waals surface area contributed by atoms with Gasteiger partial charge in [0.25, 0.3) is 0 Å². The van der Waals surface area contributed by atoms with Gasteiger partial charge in [-0.25, -0.2) is 0 Å². The molecule has 1 aromatic heterocycles. The van der Waals surface area contributed by atoms with E-state index in [2.05, 4.69) is 20.9 Å². The van der Waals surface area contributed by atoms with Gasteiger partial charge in [0.15, 0.2) is 5.75 Å². The molecule has 3 nitrogen and oxygen atoms in total. The van der Waals surface area contributed by atoms with Crippen molar-refractivity contribution in [3.05, 3.63) is 51.7 Å². The quantitative estimate of drug-likeness (QED) is 0.880. The highest BCUT2D eigenvalue weighted by Gasteiger charge is 2.07. The molecule has 0 aliphatic rings. The molecule has 0 bridgehead atoms. The van der Waals surface area contributed by atoms with Gasteiger partial charge < -0.3 is 10.5 Å². The number of nitrogens with two attached hydrogens (primary N) is 1. The van der Waals surface area contributed by atoms with E-state index < -0.39 is 0 Å². The SMILES string of the molecule is Nc1cc(Cl)cc(Br)c1OCc1ccncc1. The number of hydrogen-bond donors (Lipinski definition) is 1. The van der Waals surface area contributed by atoms with Crippen molar-refractivity contribution in [2.24, 2.45) is 0 Å². The van der Waals surface area contributed by atoms with Crippen molar-refractivity contribution in [2.45, 2.75) is 6.61 Å². The van der Waals surface area contributed by atoms with Crippen LogP contribution in [-0.2, 0) is 6.61 Å². The molecule has 2 N–H and O–H groups in total. The van der Waals surface area contributed by atoms with Crippen molar-refractivity contribution >= 4 is 33.2 Å². The number of rotatable bonds is 3. The maximum Gasteiger partial charge on any atom is 0.156 e. The van der Waals surface area contributed by atoms with Crippen molar-refractivity contribution in [1.82, 2.24) is 4.98 Å². The van der Waals surface area contributed by atoms with E-state index in [1.165, 1.54) is 0 Å². The van der Waals surface area contributed by atoms with E-state index in [1.54, 1.807) is 24.5 Å². The number of benzene rings is 1. The van der Waals surface area contributed by atoms with Crippen LogP contribution in [0.15, 0.2) is 41.1 Å². The van der Waals surface area contributed by atoms with Crippen LogP contribution in [0.25, 0.3) is 0 Å². The average molecular weight is 314 g/mol. The van der Waals surface area contributed by atoms with Crippen molar-refractivity contribution in [3.63, 3.8) is 0 Å². The molecule has 0 saturated carbocycles. The Labute approximate surface area is 113 Å². The number of nitrogen functional groups attached to an aromatic ring is 1. The summed E-state index contributed by atoms with van der Waals surface area (Å²) < 4.78 is 6.40. The molecule has 0 fully saturated rings. The van der Waals surface area contributed by atoms with Gasteiger partial charge in [0, 0.05) is 17.4 Å². The molecule has 5 heteroatoms. The predicted octanol–water partition coefficient (Wildman–Crippen LogP) is 3.66. The van der Waals surface area contributed by atoms with Gasteiger partial charge in [-0.1, -0.05) is 11.6 Å². The normalized spacial score (nSPS) is 10.2. The first-order valence-electron chi connectivity index (χ1n) is 4.93. The van der Waals surface area contributed by atoms with Crippen molar-refractivity contribution in [1.29, 1.82) is 0 Å². The number of hydrogen-bond acceptors (Lipinski definition) is 3. The third-order valence-corrected chi connectivity index (χ3v) is 2.98. The second-order valence-corrected chi connectivity index (χ2v) is 4.74. The van der Waals surface area contributed by atoms with Crippen LogP contribution in [0.2, 0.25) is 5.02 Å². The van der Waals surface area contributed by atoms with Gasteiger partial charge in [-0.3, -0.25) is 4.98 Å². The second kappa shape index (κ2) is 5.38. The molecule has 88 valence electrons. The zero-order chi connectivity index (χ0) is 12.3. The van der Waals surface area contributed by atoms with Crippen LogP contribution in [0.4, 0.5) is 5.69 Å². The van der Waals surface area contributed by atoms with Gasteiger partial charge in [0.1, 0.15) is 6.61 Å². The second-order valence-electron chi connectivity index (χ2n) is 3.45. The number of halogens is 2. The number of aromatic nitrogens is 1. The zero-order valence-corrected chi connectivity index (χ0v) is 11.2. The van der Waals surface area contributed by atoms with Crippen LogP contribution < -0.4 is 10.5 Å². The van der Waals surface area contributed by atoms with Crippen molar-refractivity contribution < 1.29 is 4.74 Å². The monoisotopic (exact) mass is 312 g/mol. The average Bonchev–Trinajstić information content (AvgIpc) is 2.29. The van der Waals surface area contributed by atoms with Gasteiger partial charge in [0.05, 0.1) is 10.2 Å². The standard InChI is InChI=1S/C12H10BrClN2O/c13-10-5-9(14)6-11(15)12(10)17-7-8-1-3-16-4-2-8/h1-6H,7,15H2. The van der Waals surface area contributed by atoms with E-state index in [1.807, 2.05) is 12.1 Å². The summed E-state index contributed by atoms with van der Waals surface area (Å²) >= 11 is 9.24. The Hall–Kier alpha value is -1.26. The molecule has 0 aliphatic heterocycles. The zero-order valence-electron chi connectivity index (χ0n) is 8.86. The van der Waals surface area contributed by atoms with Crippen LogP contribution in [0.5, 0.6) is 5.75 Å². The topological polar surface area (TPSA) is 48.1 Å². The van der Waals surface area contributed by atoms with E-state index in [4.69, 9.17) is 22.1 Å². The highest BCUT2D eigenvalue weighted by Crippen LogP contribution is 2.34. The van der Waals surface area contributed by atoms with Gasteiger partial charge >= 0.3 is 0 Å². The number of anilines is 1. The number of pyridine rings is 1. The first-order chi connectivity index (χ1) is 8.16. The lowest BCUT2D eigenvalue weighted by atomic mass is 10.3. The molecular weight excluding hydrogens is 304 g/mol. The fourth-order valence-electron chi connectivity index (χ4n) is 1.37. The first-order valence-corrected chi connectivity index (χ1v) is 6.10. The molecule has 0 saturated heterocycles. The Kier molecular flexibility index (Phi) is 3.86. The molecular formula is C12H10BrClN2O. The van der Waals surface area contributed by atoms with Crippen LogP contribution in [0.1, 0.15) is 5.56 Å². The molecule has 2 aromatic rings. The fourth-order valence-corrected chi connectivity index (χ4v) is 2.32. The molecule has 2 rings (SSSR count). The third kappa shape index (κ3) is 3.11. The molecule has 0 aliphatic carbocycles. The van der Waals surface area contributed by atoms with Gasteiger partial charge in [0.2, 0.25) is 0 Å². The summed E-state index contributed by atoms with van der Waals surface area (Å²) in [7, 11) is 0. The maximum atomic E-state index is 5.87. The number of ether oxygens (including phenoxy) is 1. The highest BCUT2D eigenvalue weighted by molar-refractivity contribution is 9.10. The summed E-state index contributed by atoms with van der Waals surface area (Å²) in [6.45, 7) is 0.437. The lowest BCUT2D eigenvalue weighted by molar-refractivity contribution is 0.306. The highest BCUT2D eigenvalue weighted by atomic mass is 79.9. The van der Waals surface area contributed by atoms with Crippen molar-refractivity contribution in [2.75, 3.05) is 5.73 Å². The lowest BCUT2D eigenvalue weighted by Gasteiger charge is -2.11. The first kappa shape index (κ1) is 12.2. The molecule has 0 atom stereocenters. The number of nitrogens with zero attached hydrogens (tertiary/aromatic N) is 1. The van der Waals surface area contributed by atoms with Crippen molar-refractivity contribution in [3.8, 4) is 5.75 Å². The summed E-state index contributed by atoms with van der Waals surface area (Å²) in [5.74, 6) is 0.603.